The third-order valence-corrected chi connectivity index (χ3v) is 8.49. The van der Waals surface area contributed by atoms with Gasteiger partial charge < -0.3 is 19.4 Å². The first-order chi connectivity index (χ1) is 17.2. The van der Waals surface area contributed by atoms with E-state index in [9.17, 15) is 10.0 Å². The molecule has 0 bridgehead atoms. The minimum Gasteiger partial charge on any atom is -0.465 e. The summed E-state index contributed by atoms with van der Waals surface area (Å²) >= 11 is 0. The highest BCUT2D eigenvalue weighted by Crippen LogP contribution is 2.37. The fourth-order valence-corrected chi connectivity index (χ4v) is 6.32. The summed E-state index contributed by atoms with van der Waals surface area (Å²) in [5.41, 5.74) is 2.66. The normalized spacial score (nSPS) is 22.6. The average molecular weight is 496 g/mol. The molecule has 198 valence electrons. The molecule has 1 saturated carbocycles. The molecule has 2 aliphatic rings. The summed E-state index contributed by atoms with van der Waals surface area (Å²) in [5.74, 6) is 1.51. The number of para-hydroxylation sites is 1. The van der Waals surface area contributed by atoms with Gasteiger partial charge >= 0.3 is 5.97 Å². The quantitative estimate of drug-likeness (QED) is 0.208. The van der Waals surface area contributed by atoms with Crippen LogP contribution >= 0.6 is 0 Å². The molecule has 1 aliphatic heterocycles. The maximum atomic E-state index is 12.4. The Balaban J connectivity index is 1.52. The van der Waals surface area contributed by atoms with Gasteiger partial charge in [0.25, 0.3) is 0 Å². The number of benzene rings is 1. The van der Waals surface area contributed by atoms with Crippen LogP contribution in [0, 0.1) is 17.3 Å². The first-order valence-corrected chi connectivity index (χ1v) is 13.9. The van der Waals surface area contributed by atoms with Crippen LogP contribution in [0.1, 0.15) is 90.4 Å². The summed E-state index contributed by atoms with van der Waals surface area (Å²) in [6.45, 7) is 12.9. The number of likely N-dealkylation sites (tertiary alicyclic amines) is 1. The van der Waals surface area contributed by atoms with Crippen molar-refractivity contribution in [2.75, 3.05) is 19.7 Å². The molecule has 4 rings (SSSR count). The van der Waals surface area contributed by atoms with Crippen molar-refractivity contribution in [1.29, 1.82) is 0 Å². The van der Waals surface area contributed by atoms with Crippen molar-refractivity contribution in [3.63, 3.8) is 0 Å². The topological polar surface area (TPSA) is 67.1 Å². The molecule has 0 spiro atoms. The molecule has 1 aromatic heterocycles. The van der Waals surface area contributed by atoms with Crippen LogP contribution in [-0.4, -0.2) is 52.6 Å². The van der Waals surface area contributed by atoms with Gasteiger partial charge in [-0.05, 0) is 77.2 Å². The van der Waals surface area contributed by atoms with Crippen LogP contribution in [0.5, 0.6) is 0 Å². The van der Waals surface area contributed by atoms with Crippen molar-refractivity contribution in [2.45, 2.75) is 91.6 Å². The van der Waals surface area contributed by atoms with E-state index in [1.807, 2.05) is 26.8 Å². The van der Waals surface area contributed by atoms with E-state index in [4.69, 9.17) is 4.74 Å². The molecule has 36 heavy (non-hydrogen) atoms. The van der Waals surface area contributed by atoms with Crippen molar-refractivity contribution in [2.24, 2.45) is 22.4 Å². The standard InChI is InChI=1S/C30H45N3O3/c1-21(2)22-10-12-23(13-11-22)32-17-14-24(15-18-32)33-27-9-7-6-8-25(27)26(20-31-35)28(33)16-19-36-29(34)30(3,4)5/h6-9,20-24,35H,10-19H2,1-5H3/b31-20-. The molecule has 6 heteroatoms. The van der Waals surface area contributed by atoms with Gasteiger partial charge in [-0.3, -0.25) is 4.79 Å². The monoisotopic (exact) mass is 495 g/mol. The molecule has 1 aromatic carbocycles. The number of esters is 1. The van der Waals surface area contributed by atoms with Gasteiger partial charge in [0.1, 0.15) is 0 Å². The number of hydrogen-bond acceptors (Lipinski definition) is 5. The van der Waals surface area contributed by atoms with Crippen LogP contribution in [0.25, 0.3) is 10.9 Å². The van der Waals surface area contributed by atoms with Crippen LogP contribution in [0.3, 0.4) is 0 Å². The second kappa shape index (κ2) is 11.4. The number of fused-ring (bicyclic) bond motifs is 1. The predicted octanol–water partition coefficient (Wildman–Crippen LogP) is 6.43. The van der Waals surface area contributed by atoms with Gasteiger partial charge in [0.05, 0.1) is 18.2 Å². The maximum absolute atomic E-state index is 12.4. The zero-order valence-electron chi connectivity index (χ0n) is 22.9. The summed E-state index contributed by atoms with van der Waals surface area (Å²) in [6.07, 6.45) is 9.75. The highest BCUT2D eigenvalue weighted by molar-refractivity contribution is 6.01. The molecular weight excluding hydrogens is 450 g/mol. The summed E-state index contributed by atoms with van der Waals surface area (Å²) < 4.78 is 8.08. The number of oxime groups is 1. The Bertz CT molecular complexity index is 1050. The number of rotatable bonds is 7. The van der Waals surface area contributed by atoms with Crippen molar-refractivity contribution < 1.29 is 14.7 Å². The summed E-state index contributed by atoms with van der Waals surface area (Å²) in [4.78, 5) is 15.1. The summed E-state index contributed by atoms with van der Waals surface area (Å²) in [5, 5.41) is 13.9. The Morgan fingerprint density at radius 3 is 2.36 bits per heavy atom. The van der Waals surface area contributed by atoms with Crippen LogP contribution in [0.2, 0.25) is 0 Å². The lowest BCUT2D eigenvalue weighted by Crippen LogP contribution is -2.44. The second-order valence-electron chi connectivity index (χ2n) is 12.2. The van der Waals surface area contributed by atoms with E-state index >= 15 is 0 Å². The first-order valence-electron chi connectivity index (χ1n) is 13.9. The molecule has 0 radical (unpaired) electrons. The Hall–Kier alpha value is -2.34. The van der Waals surface area contributed by atoms with E-state index in [-0.39, 0.29) is 5.97 Å². The molecule has 1 aliphatic carbocycles. The van der Waals surface area contributed by atoms with Gasteiger partial charge in [-0.15, -0.1) is 0 Å². The van der Waals surface area contributed by atoms with Gasteiger partial charge in [-0.25, -0.2) is 0 Å². The number of hydrogen-bond donors (Lipinski definition) is 1. The van der Waals surface area contributed by atoms with Crippen LogP contribution in [0.15, 0.2) is 29.4 Å². The first kappa shape index (κ1) is 26.7. The predicted molar refractivity (Wildman–Crippen MR) is 146 cm³/mol. The lowest BCUT2D eigenvalue weighted by Gasteiger charge is -2.42. The molecule has 2 aromatic rings. The SMILES string of the molecule is CC(C)C1CCC(N2CCC(n3c(CCOC(=O)C(C)(C)C)c(/C=N\O)c4ccccc43)CC2)CC1. The van der Waals surface area contributed by atoms with Gasteiger partial charge in [-0.2, -0.15) is 0 Å². The Kier molecular flexibility index (Phi) is 8.44. The average Bonchev–Trinajstić information content (AvgIpc) is 3.17. The molecule has 2 fully saturated rings. The number of nitrogens with zero attached hydrogens (tertiary/aromatic N) is 3. The highest BCUT2D eigenvalue weighted by atomic mass is 16.5. The van der Waals surface area contributed by atoms with Gasteiger partial charge in [0.2, 0.25) is 0 Å². The van der Waals surface area contributed by atoms with E-state index in [1.165, 1.54) is 31.2 Å². The van der Waals surface area contributed by atoms with Crippen molar-refractivity contribution in [1.82, 2.24) is 9.47 Å². The van der Waals surface area contributed by atoms with E-state index in [0.29, 0.717) is 19.1 Å². The molecule has 0 atom stereocenters. The third-order valence-electron chi connectivity index (χ3n) is 8.49. The minimum atomic E-state index is -0.525. The van der Waals surface area contributed by atoms with Crippen LogP contribution < -0.4 is 0 Å². The van der Waals surface area contributed by atoms with Crippen molar-refractivity contribution >= 4 is 23.1 Å². The van der Waals surface area contributed by atoms with E-state index < -0.39 is 5.41 Å². The Morgan fingerprint density at radius 1 is 1.08 bits per heavy atom. The zero-order chi connectivity index (χ0) is 25.9. The smallest absolute Gasteiger partial charge is 0.311 e. The van der Waals surface area contributed by atoms with E-state index in [2.05, 4.69) is 46.7 Å². The highest BCUT2D eigenvalue weighted by Gasteiger charge is 2.32. The second-order valence-corrected chi connectivity index (χ2v) is 12.2. The number of ether oxygens (including phenoxy) is 1. The molecule has 6 nitrogen and oxygen atoms in total. The van der Waals surface area contributed by atoms with Crippen LogP contribution in [0.4, 0.5) is 0 Å². The lowest BCUT2D eigenvalue weighted by molar-refractivity contribution is -0.152. The van der Waals surface area contributed by atoms with Crippen molar-refractivity contribution in [3.05, 3.63) is 35.5 Å². The lowest BCUT2D eigenvalue weighted by atomic mass is 9.79. The molecule has 0 amide bonds. The molecule has 2 heterocycles. The molecule has 0 unspecified atom stereocenters. The minimum absolute atomic E-state index is 0.192. The number of piperidine rings is 1. The Labute approximate surface area is 216 Å². The number of aromatic nitrogens is 1. The van der Waals surface area contributed by atoms with Crippen LogP contribution in [-0.2, 0) is 16.0 Å². The number of carbonyl (C=O) groups is 1. The zero-order valence-corrected chi connectivity index (χ0v) is 22.9. The van der Waals surface area contributed by atoms with Gasteiger partial charge in [0, 0.05) is 53.8 Å². The summed E-state index contributed by atoms with van der Waals surface area (Å²) in [6, 6.07) is 9.47. The van der Waals surface area contributed by atoms with E-state index in [0.717, 1.165) is 60.5 Å². The molecular formula is C30H45N3O3. The Morgan fingerprint density at radius 2 is 1.75 bits per heavy atom. The molecule has 1 saturated heterocycles. The fraction of sp³-hybridized carbons (Fsp3) is 0.667. The van der Waals surface area contributed by atoms with Gasteiger partial charge in [-0.1, -0.05) is 37.2 Å². The van der Waals surface area contributed by atoms with Gasteiger partial charge in [0.15, 0.2) is 0 Å². The number of carbonyl (C=O) groups excluding carboxylic acids is 1. The summed E-state index contributed by atoms with van der Waals surface area (Å²) in [7, 11) is 0. The fourth-order valence-electron chi connectivity index (χ4n) is 6.32. The van der Waals surface area contributed by atoms with Crippen molar-refractivity contribution in [3.8, 4) is 0 Å². The largest absolute Gasteiger partial charge is 0.465 e. The maximum Gasteiger partial charge on any atom is 0.311 e. The molecule has 1 N–H and O–H groups in total. The third kappa shape index (κ3) is 5.80. The van der Waals surface area contributed by atoms with E-state index in [1.54, 1.807) is 6.21 Å².